The molecule has 0 fully saturated rings. The molecule has 0 aliphatic heterocycles. The summed E-state index contributed by atoms with van der Waals surface area (Å²) in [5.41, 5.74) is 1.22. The number of rotatable bonds is 7. The number of hydrogen-bond acceptors (Lipinski definition) is 4. The quantitative estimate of drug-likeness (QED) is 0.618. The van der Waals surface area contributed by atoms with Crippen molar-refractivity contribution in [3.05, 3.63) is 45.9 Å². The summed E-state index contributed by atoms with van der Waals surface area (Å²) in [4.78, 5) is 12.3. The molecular formula is C18H26N4OS. The Morgan fingerprint density at radius 2 is 2.08 bits per heavy atom. The van der Waals surface area contributed by atoms with E-state index in [1.165, 1.54) is 15.4 Å². The molecule has 0 radical (unpaired) electrons. The second-order valence-corrected chi connectivity index (χ2v) is 6.70. The van der Waals surface area contributed by atoms with Gasteiger partial charge in [0.15, 0.2) is 5.96 Å². The Kier molecular flexibility index (Phi) is 7.06. The van der Waals surface area contributed by atoms with Crippen LogP contribution in [0.5, 0.6) is 5.75 Å². The van der Waals surface area contributed by atoms with Crippen molar-refractivity contribution in [1.82, 2.24) is 15.2 Å². The molecule has 130 valence electrons. The van der Waals surface area contributed by atoms with Crippen LogP contribution in [0.4, 0.5) is 0 Å². The van der Waals surface area contributed by atoms with E-state index in [4.69, 9.17) is 4.74 Å². The Balaban J connectivity index is 1.83. The standard InChI is InChI=1S/C18H26N4OS/c1-5-16-12-21-17(24-16)10-11-20-18(19-2)22(3)13-14-6-8-15(23-4)9-7-14/h6-9,12H,5,10-11,13H2,1-4H3,(H,19,20). The van der Waals surface area contributed by atoms with Gasteiger partial charge in [0.2, 0.25) is 0 Å². The normalized spacial score (nSPS) is 11.4. The van der Waals surface area contributed by atoms with E-state index < -0.39 is 0 Å². The van der Waals surface area contributed by atoms with E-state index in [2.05, 4.69) is 39.2 Å². The Morgan fingerprint density at radius 1 is 1.33 bits per heavy atom. The van der Waals surface area contributed by atoms with Crippen molar-refractivity contribution < 1.29 is 4.74 Å². The zero-order chi connectivity index (χ0) is 17.4. The first-order valence-electron chi connectivity index (χ1n) is 8.14. The van der Waals surface area contributed by atoms with Gasteiger partial charge in [-0.05, 0) is 24.1 Å². The number of ether oxygens (including phenoxy) is 1. The fourth-order valence-corrected chi connectivity index (χ4v) is 3.23. The fourth-order valence-electron chi connectivity index (χ4n) is 2.37. The highest BCUT2D eigenvalue weighted by atomic mass is 32.1. The van der Waals surface area contributed by atoms with Gasteiger partial charge in [0.1, 0.15) is 5.75 Å². The van der Waals surface area contributed by atoms with Crippen LogP contribution in [0.1, 0.15) is 22.4 Å². The Hall–Kier alpha value is -2.08. The summed E-state index contributed by atoms with van der Waals surface area (Å²) in [6.45, 7) is 3.78. The van der Waals surface area contributed by atoms with Gasteiger partial charge in [-0.15, -0.1) is 11.3 Å². The summed E-state index contributed by atoms with van der Waals surface area (Å²) >= 11 is 1.79. The number of aryl methyl sites for hydroxylation is 1. The number of thiazole rings is 1. The van der Waals surface area contributed by atoms with Crippen LogP contribution in [0.15, 0.2) is 35.5 Å². The van der Waals surface area contributed by atoms with E-state index in [0.717, 1.165) is 37.6 Å². The second-order valence-electron chi connectivity index (χ2n) is 5.50. The van der Waals surface area contributed by atoms with Gasteiger partial charge in [0, 0.05) is 44.7 Å². The lowest BCUT2D eigenvalue weighted by Crippen LogP contribution is -2.39. The average molecular weight is 347 g/mol. The summed E-state index contributed by atoms with van der Waals surface area (Å²) < 4.78 is 5.19. The predicted octanol–water partition coefficient (Wildman–Crippen LogP) is 2.96. The molecule has 5 nitrogen and oxygen atoms in total. The highest BCUT2D eigenvalue weighted by Crippen LogP contribution is 2.14. The maximum absolute atomic E-state index is 5.19. The molecule has 24 heavy (non-hydrogen) atoms. The molecule has 0 saturated carbocycles. The smallest absolute Gasteiger partial charge is 0.193 e. The molecule has 0 aliphatic carbocycles. The molecule has 0 aliphatic rings. The average Bonchev–Trinajstić information content (AvgIpc) is 3.07. The second kappa shape index (κ2) is 9.27. The number of nitrogens with one attached hydrogen (secondary N) is 1. The molecule has 1 N–H and O–H groups in total. The summed E-state index contributed by atoms with van der Waals surface area (Å²) in [6.07, 6.45) is 3.95. The zero-order valence-electron chi connectivity index (χ0n) is 14.9. The highest BCUT2D eigenvalue weighted by molar-refractivity contribution is 7.11. The number of benzene rings is 1. The van der Waals surface area contributed by atoms with E-state index in [0.29, 0.717) is 0 Å². The van der Waals surface area contributed by atoms with E-state index in [9.17, 15) is 0 Å². The van der Waals surface area contributed by atoms with Crippen LogP contribution < -0.4 is 10.1 Å². The van der Waals surface area contributed by atoms with Gasteiger partial charge in [-0.3, -0.25) is 4.99 Å². The Labute approximate surface area is 148 Å². The summed E-state index contributed by atoms with van der Waals surface area (Å²) in [5, 5.41) is 4.58. The Morgan fingerprint density at radius 3 is 2.67 bits per heavy atom. The number of aromatic nitrogens is 1. The van der Waals surface area contributed by atoms with Gasteiger partial charge in [0.05, 0.1) is 12.1 Å². The van der Waals surface area contributed by atoms with Crippen LogP contribution in [-0.2, 0) is 19.4 Å². The first-order valence-corrected chi connectivity index (χ1v) is 8.96. The van der Waals surface area contributed by atoms with Crippen molar-refractivity contribution in [3.8, 4) is 5.75 Å². The van der Waals surface area contributed by atoms with Crippen molar-refractivity contribution in [2.24, 2.45) is 4.99 Å². The number of aliphatic imine (C=N–C) groups is 1. The molecule has 0 spiro atoms. The Bertz CT molecular complexity index is 651. The molecule has 2 aromatic rings. The third-order valence-electron chi connectivity index (χ3n) is 3.72. The van der Waals surface area contributed by atoms with Gasteiger partial charge < -0.3 is 15.0 Å². The molecule has 1 aromatic carbocycles. The molecule has 0 atom stereocenters. The molecule has 0 amide bonds. The largest absolute Gasteiger partial charge is 0.497 e. The minimum atomic E-state index is 0.793. The minimum Gasteiger partial charge on any atom is -0.497 e. The summed E-state index contributed by atoms with van der Waals surface area (Å²) in [6, 6.07) is 8.11. The van der Waals surface area contributed by atoms with Gasteiger partial charge in [-0.2, -0.15) is 0 Å². The topological polar surface area (TPSA) is 49.8 Å². The molecule has 1 aromatic heterocycles. The monoisotopic (exact) mass is 346 g/mol. The lowest BCUT2D eigenvalue weighted by Gasteiger charge is -2.22. The molecule has 2 rings (SSSR count). The molecule has 0 unspecified atom stereocenters. The van der Waals surface area contributed by atoms with Gasteiger partial charge in [0.25, 0.3) is 0 Å². The van der Waals surface area contributed by atoms with Gasteiger partial charge in [-0.25, -0.2) is 4.98 Å². The zero-order valence-corrected chi connectivity index (χ0v) is 15.7. The number of hydrogen-bond donors (Lipinski definition) is 1. The minimum absolute atomic E-state index is 0.793. The highest BCUT2D eigenvalue weighted by Gasteiger charge is 2.07. The third kappa shape index (κ3) is 5.23. The lowest BCUT2D eigenvalue weighted by molar-refractivity contribution is 0.414. The summed E-state index contributed by atoms with van der Waals surface area (Å²) in [5.74, 6) is 1.76. The number of methoxy groups -OCH3 is 1. The molecular weight excluding hydrogens is 320 g/mol. The lowest BCUT2D eigenvalue weighted by atomic mass is 10.2. The van der Waals surface area contributed by atoms with Crippen molar-refractivity contribution in [1.29, 1.82) is 0 Å². The van der Waals surface area contributed by atoms with E-state index in [1.54, 1.807) is 18.4 Å². The van der Waals surface area contributed by atoms with E-state index in [-0.39, 0.29) is 0 Å². The van der Waals surface area contributed by atoms with Crippen molar-refractivity contribution in [2.75, 3.05) is 27.7 Å². The van der Waals surface area contributed by atoms with Gasteiger partial charge >= 0.3 is 0 Å². The van der Waals surface area contributed by atoms with E-state index in [1.807, 2.05) is 32.4 Å². The van der Waals surface area contributed by atoms with Crippen molar-refractivity contribution in [2.45, 2.75) is 26.3 Å². The maximum atomic E-state index is 5.19. The first kappa shape index (κ1) is 18.3. The molecule has 0 saturated heterocycles. The molecule has 0 bridgehead atoms. The van der Waals surface area contributed by atoms with Gasteiger partial charge in [-0.1, -0.05) is 19.1 Å². The first-order chi connectivity index (χ1) is 11.7. The van der Waals surface area contributed by atoms with Crippen LogP contribution in [0.3, 0.4) is 0 Å². The number of nitrogens with zero attached hydrogens (tertiary/aromatic N) is 3. The third-order valence-corrected chi connectivity index (χ3v) is 4.93. The SMILES string of the molecule is CCc1cnc(CCNC(=NC)N(C)Cc2ccc(OC)cc2)s1. The van der Waals surface area contributed by atoms with Crippen molar-refractivity contribution >= 4 is 17.3 Å². The van der Waals surface area contributed by atoms with Crippen LogP contribution >= 0.6 is 11.3 Å². The van der Waals surface area contributed by atoms with Crippen LogP contribution in [0.25, 0.3) is 0 Å². The summed E-state index contributed by atoms with van der Waals surface area (Å²) in [7, 11) is 5.53. The maximum Gasteiger partial charge on any atom is 0.193 e. The van der Waals surface area contributed by atoms with Crippen LogP contribution in [-0.4, -0.2) is 43.6 Å². The van der Waals surface area contributed by atoms with Crippen LogP contribution in [0, 0.1) is 0 Å². The van der Waals surface area contributed by atoms with Crippen molar-refractivity contribution in [3.63, 3.8) is 0 Å². The van der Waals surface area contributed by atoms with Crippen LogP contribution in [0.2, 0.25) is 0 Å². The molecule has 6 heteroatoms. The van der Waals surface area contributed by atoms with E-state index >= 15 is 0 Å². The fraction of sp³-hybridized carbons (Fsp3) is 0.444. The number of guanidine groups is 1. The predicted molar refractivity (Wildman–Crippen MR) is 101 cm³/mol. The molecule has 1 heterocycles.